The number of benzene rings is 1. The standard InChI is InChI=1S/C21H26N2O5/c1-27-18-13(5-6-15-14(18)9-16(23-15)19(24)25)11-28-20(26)17-10-21(12-22-17)7-3-2-4-8-21/h5-6,9,17,22-23H,2-4,7-8,10-12H2,1H3,(H,24,25). The maximum Gasteiger partial charge on any atom is 0.352 e. The topological polar surface area (TPSA) is 101 Å². The molecule has 150 valence electrons. The number of fused-ring (bicyclic) bond motifs is 1. The number of aromatic amines is 1. The van der Waals surface area contributed by atoms with Gasteiger partial charge in [0.1, 0.15) is 24.1 Å². The molecule has 2 fully saturated rings. The number of nitrogens with one attached hydrogen (secondary N) is 2. The van der Waals surface area contributed by atoms with Crippen LogP contribution in [0.2, 0.25) is 0 Å². The molecule has 1 aromatic heterocycles. The van der Waals surface area contributed by atoms with Gasteiger partial charge in [0.05, 0.1) is 7.11 Å². The quantitative estimate of drug-likeness (QED) is 0.682. The Bertz CT molecular complexity index is 898. The second-order valence-corrected chi connectivity index (χ2v) is 8.01. The molecule has 2 aromatic rings. The van der Waals surface area contributed by atoms with Crippen molar-refractivity contribution >= 4 is 22.8 Å². The zero-order chi connectivity index (χ0) is 19.7. The molecule has 3 N–H and O–H groups in total. The number of carboxylic acid groups (broad SMARTS) is 1. The molecular weight excluding hydrogens is 360 g/mol. The molecule has 7 nitrogen and oxygen atoms in total. The first-order valence-electron chi connectivity index (χ1n) is 9.83. The summed E-state index contributed by atoms with van der Waals surface area (Å²) >= 11 is 0. The normalized spacial score (nSPS) is 21.1. The molecule has 2 aliphatic rings. The number of carbonyl (C=O) groups is 2. The fraction of sp³-hybridized carbons (Fsp3) is 0.524. The van der Waals surface area contributed by atoms with Gasteiger partial charge in [0.25, 0.3) is 0 Å². The lowest BCUT2D eigenvalue weighted by Gasteiger charge is -2.32. The lowest BCUT2D eigenvalue weighted by molar-refractivity contribution is -0.147. The molecule has 1 spiro atoms. The highest BCUT2D eigenvalue weighted by Crippen LogP contribution is 2.43. The van der Waals surface area contributed by atoms with Crippen molar-refractivity contribution in [3.05, 3.63) is 29.5 Å². The smallest absolute Gasteiger partial charge is 0.352 e. The Morgan fingerprint density at radius 1 is 1.25 bits per heavy atom. The maximum absolute atomic E-state index is 12.6. The highest BCUT2D eigenvalue weighted by molar-refractivity contribution is 5.96. The van der Waals surface area contributed by atoms with E-state index in [9.17, 15) is 14.7 Å². The summed E-state index contributed by atoms with van der Waals surface area (Å²) in [7, 11) is 1.53. The lowest BCUT2D eigenvalue weighted by atomic mass is 9.73. The van der Waals surface area contributed by atoms with Gasteiger partial charge in [-0.2, -0.15) is 0 Å². The molecule has 0 bridgehead atoms. The van der Waals surface area contributed by atoms with Crippen molar-refractivity contribution in [3.8, 4) is 5.75 Å². The minimum atomic E-state index is -1.03. The van der Waals surface area contributed by atoms with E-state index in [0.717, 1.165) is 13.0 Å². The summed E-state index contributed by atoms with van der Waals surface area (Å²) in [6, 6.07) is 4.85. The van der Waals surface area contributed by atoms with Gasteiger partial charge in [0, 0.05) is 23.0 Å². The molecule has 0 amide bonds. The molecule has 1 aliphatic carbocycles. The Labute approximate surface area is 163 Å². The SMILES string of the molecule is COc1c(COC(=O)C2CC3(CCCCC3)CN2)ccc2[nH]c(C(=O)O)cc12. The van der Waals surface area contributed by atoms with Crippen LogP contribution in [0.3, 0.4) is 0 Å². The number of hydrogen-bond donors (Lipinski definition) is 3. The first-order chi connectivity index (χ1) is 13.5. The van der Waals surface area contributed by atoms with Crippen LogP contribution in [0, 0.1) is 5.41 Å². The Hall–Kier alpha value is -2.54. The molecule has 4 rings (SSSR count). The highest BCUT2D eigenvalue weighted by Gasteiger charge is 2.42. The Morgan fingerprint density at radius 3 is 2.75 bits per heavy atom. The number of methoxy groups -OCH3 is 1. The number of H-pyrrole nitrogens is 1. The summed E-state index contributed by atoms with van der Waals surface area (Å²) in [6.45, 7) is 0.986. The van der Waals surface area contributed by atoms with Crippen molar-refractivity contribution in [2.24, 2.45) is 5.41 Å². The first-order valence-corrected chi connectivity index (χ1v) is 9.83. The van der Waals surface area contributed by atoms with E-state index in [4.69, 9.17) is 9.47 Å². The van der Waals surface area contributed by atoms with E-state index in [1.807, 2.05) is 0 Å². The first kappa shape index (κ1) is 18.8. The monoisotopic (exact) mass is 386 g/mol. The van der Waals surface area contributed by atoms with Crippen molar-refractivity contribution in [1.82, 2.24) is 10.3 Å². The van der Waals surface area contributed by atoms with Crippen LogP contribution in [0.4, 0.5) is 0 Å². The fourth-order valence-electron chi connectivity index (χ4n) is 4.71. The Balaban J connectivity index is 1.45. The molecule has 1 unspecified atom stereocenters. The summed E-state index contributed by atoms with van der Waals surface area (Å²) in [5.41, 5.74) is 1.73. The number of aromatic nitrogens is 1. The second kappa shape index (κ2) is 7.47. The van der Waals surface area contributed by atoms with E-state index >= 15 is 0 Å². The van der Waals surface area contributed by atoms with E-state index < -0.39 is 5.97 Å². The van der Waals surface area contributed by atoms with Gasteiger partial charge in [0.15, 0.2) is 0 Å². The highest BCUT2D eigenvalue weighted by atomic mass is 16.5. The summed E-state index contributed by atoms with van der Waals surface area (Å²) in [4.78, 5) is 26.6. The molecule has 1 saturated heterocycles. The maximum atomic E-state index is 12.6. The predicted molar refractivity (Wildman–Crippen MR) is 104 cm³/mol. The Kier molecular flexibility index (Phi) is 5.02. The zero-order valence-electron chi connectivity index (χ0n) is 16.0. The van der Waals surface area contributed by atoms with Crippen LogP contribution in [-0.4, -0.2) is 41.7 Å². The van der Waals surface area contributed by atoms with Gasteiger partial charge in [0.2, 0.25) is 0 Å². The zero-order valence-corrected chi connectivity index (χ0v) is 16.0. The number of rotatable bonds is 5. The summed E-state index contributed by atoms with van der Waals surface area (Å²) in [5, 5.41) is 13.2. The molecule has 7 heteroatoms. The van der Waals surface area contributed by atoms with Gasteiger partial charge in [-0.3, -0.25) is 4.79 Å². The fourth-order valence-corrected chi connectivity index (χ4v) is 4.71. The molecule has 1 atom stereocenters. The van der Waals surface area contributed by atoms with Gasteiger partial charge in [-0.05, 0) is 42.9 Å². The minimum absolute atomic E-state index is 0.0929. The number of ether oxygens (including phenoxy) is 2. The summed E-state index contributed by atoms with van der Waals surface area (Å²) in [6.07, 6.45) is 7.01. The predicted octanol–water partition coefficient (Wildman–Crippen LogP) is 3.23. The van der Waals surface area contributed by atoms with Crippen LogP contribution in [-0.2, 0) is 16.1 Å². The van der Waals surface area contributed by atoms with Gasteiger partial charge in [-0.15, -0.1) is 0 Å². The summed E-state index contributed by atoms with van der Waals surface area (Å²) < 4.78 is 11.1. The molecule has 2 heterocycles. The number of aromatic carboxylic acids is 1. The summed E-state index contributed by atoms with van der Waals surface area (Å²) in [5.74, 6) is -0.739. The third kappa shape index (κ3) is 3.46. The molecule has 28 heavy (non-hydrogen) atoms. The van der Waals surface area contributed by atoms with E-state index in [2.05, 4.69) is 10.3 Å². The molecule has 1 saturated carbocycles. The van der Waals surface area contributed by atoms with Crippen molar-refractivity contribution in [2.45, 2.75) is 51.2 Å². The molecule has 0 radical (unpaired) electrons. The van der Waals surface area contributed by atoms with Crippen LogP contribution in [0.15, 0.2) is 18.2 Å². The van der Waals surface area contributed by atoms with Crippen LogP contribution < -0.4 is 10.1 Å². The van der Waals surface area contributed by atoms with Gasteiger partial charge in [-0.25, -0.2) is 4.79 Å². The molecule has 1 aliphatic heterocycles. The molecule has 1 aromatic carbocycles. The second-order valence-electron chi connectivity index (χ2n) is 8.01. The van der Waals surface area contributed by atoms with E-state index in [1.54, 1.807) is 12.1 Å². The van der Waals surface area contributed by atoms with Crippen LogP contribution in [0.25, 0.3) is 10.9 Å². The van der Waals surface area contributed by atoms with E-state index in [1.165, 1.54) is 45.3 Å². The molecular formula is C21H26N2O5. The van der Waals surface area contributed by atoms with E-state index in [-0.39, 0.29) is 29.7 Å². The van der Waals surface area contributed by atoms with Crippen LogP contribution in [0.5, 0.6) is 5.75 Å². The number of carboxylic acids is 1. The number of hydrogen-bond acceptors (Lipinski definition) is 5. The number of esters is 1. The van der Waals surface area contributed by atoms with Gasteiger partial charge >= 0.3 is 11.9 Å². The van der Waals surface area contributed by atoms with E-state index in [0.29, 0.717) is 22.2 Å². The van der Waals surface area contributed by atoms with Crippen molar-refractivity contribution in [3.63, 3.8) is 0 Å². The third-order valence-electron chi connectivity index (χ3n) is 6.20. The average Bonchev–Trinajstić information content (AvgIpc) is 3.31. The van der Waals surface area contributed by atoms with Crippen molar-refractivity contribution in [2.75, 3.05) is 13.7 Å². The van der Waals surface area contributed by atoms with Gasteiger partial charge < -0.3 is 24.9 Å². The van der Waals surface area contributed by atoms with Crippen LogP contribution >= 0.6 is 0 Å². The van der Waals surface area contributed by atoms with Gasteiger partial charge in [-0.1, -0.05) is 19.3 Å². The third-order valence-corrected chi connectivity index (χ3v) is 6.20. The lowest BCUT2D eigenvalue weighted by Crippen LogP contribution is -2.32. The van der Waals surface area contributed by atoms with Crippen molar-refractivity contribution < 1.29 is 24.2 Å². The number of carbonyl (C=O) groups excluding carboxylic acids is 1. The average molecular weight is 386 g/mol. The largest absolute Gasteiger partial charge is 0.496 e. The van der Waals surface area contributed by atoms with Crippen molar-refractivity contribution in [1.29, 1.82) is 0 Å². The minimum Gasteiger partial charge on any atom is -0.496 e. The van der Waals surface area contributed by atoms with Crippen LogP contribution in [0.1, 0.15) is 54.6 Å². The Morgan fingerprint density at radius 2 is 2.04 bits per heavy atom.